The Kier molecular flexibility index (Phi) is 8.37. The van der Waals surface area contributed by atoms with E-state index < -0.39 is 0 Å². The van der Waals surface area contributed by atoms with Gasteiger partial charge in [-0.25, -0.2) is 0 Å². The summed E-state index contributed by atoms with van der Waals surface area (Å²) in [6, 6.07) is 0. The summed E-state index contributed by atoms with van der Waals surface area (Å²) in [4.78, 5) is 0. The Morgan fingerprint density at radius 1 is 1.64 bits per heavy atom. The summed E-state index contributed by atoms with van der Waals surface area (Å²) in [6.07, 6.45) is 4.44. The first-order valence-electron chi connectivity index (χ1n) is 3.96. The molecule has 0 N–H and O–H groups in total. The van der Waals surface area contributed by atoms with Crippen molar-refractivity contribution < 1.29 is 22.9 Å². The summed E-state index contributed by atoms with van der Waals surface area (Å²) < 4.78 is 7.54. The van der Waals surface area contributed by atoms with Gasteiger partial charge in [-0.2, -0.15) is 0 Å². The predicted octanol–water partition coefficient (Wildman–Crippen LogP) is 2.89. The first kappa shape index (κ1) is 11.2. The maximum absolute atomic E-state index is 5.42. The normalized spacial score (nSPS) is 10.4. The third-order valence-electron chi connectivity index (χ3n) is 1.12. The zero-order valence-electron chi connectivity index (χ0n) is 7.39. The Hall–Kier alpha value is 0.154. The molecule has 0 atom stereocenters. The molecule has 0 aromatic rings. The number of allylic oxidation sites excluding steroid dienone is 2. The molecule has 0 aliphatic heterocycles. The molecule has 0 aromatic heterocycles. The van der Waals surface area contributed by atoms with Gasteiger partial charge in [-0.05, 0) is 0 Å². The van der Waals surface area contributed by atoms with Gasteiger partial charge in [0.1, 0.15) is 0 Å². The second-order valence-corrected chi connectivity index (χ2v) is 3.84. The van der Waals surface area contributed by atoms with Crippen molar-refractivity contribution in [2.75, 3.05) is 6.61 Å². The Balaban J connectivity index is 3.07. The van der Waals surface area contributed by atoms with E-state index in [1.807, 2.05) is 13.0 Å². The monoisotopic (exact) mass is 188 g/mol. The molecule has 0 spiro atoms. The molecule has 0 aromatic carbocycles. The molecule has 0 bridgehead atoms. The van der Waals surface area contributed by atoms with Gasteiger partial charge in [0, 0.05) is 0 Å². The van der Waals surface area contributed by atoms with Gasteiger partial charge in [-0.15, -0.1) is 0 Å². The van der Waals surface area contributed by atoms with Crippen LogP contribution in [-0.2, 0) is 22.9 Å². The van der Waals surface area contributed by atoms with Crippen LogP contribution in [0.25, 0.3) is 0 Å². The van der Waals surface area contributed by atoms with Crippen molar-refractivity contribution in [1.82, 2.24) is 0 Å². The molecule has 0 radical (unpaired) electrons. The number of unbranched alkanes of at least 4 members (excludes halogenated alkanes) is 1. The third-order valence-corrected chi connectivity index (χ3v) is 2.17. The van der Waals surface area contributed by atoms with E-state index in [-0.39, 0.29) is 19.5 Å². The van der Waals surface area contributed by atoms with E-state index in [9.17, 15) is 0 Å². The molecule has 0 unspecified atom stereocenters. The Morgan fingerprint density at radius 2 is 2.36 bits per heavy atom. The summed E-state index contributed by atoms with van der Waals surface area (Å²) in [7, 11) is 0. The molecule has 62 valence electrons. The van der Waals surface area contributed by atoms with Crippen LogP contribution in [0.15, 0.2) is 22.6 Å². The van der Waals surface area contributed by atoms with Crippen LogP contribution in [0.2, 0.25) is 0 Å². The SMILES string of the molecule is C=C(C)C=[CH][Ti][O]CCCC. The molecule has 11 heavy (non-hydrogen) atoms. The van der Waals surface area contributed by atoms with Gasteiger partial charge in [0.15, 0.2) is 0 Å². The molecule has 0 heterocycles. The van der Waals surface area contributed by atoms with Gasteiger partial charge in [0.25, 0.3) is 0 Å². The Morgan fingerprint density at radius 3 is 2.91 bits per heavy atom. The summed E-state index contributed by atoms with van der Waals surface area (Å²) in [5.41, 5.74) is 1.10. The first-order chi connectivity index (χ1) is 5.27. The quantitative estimate of drug-likeness (QED) is 0.353. The van der Waals surface area contributed by atoms with Crippen LogP contribution in [0.3, 0.4) is 0 Å². The van der Waals surface area contributed by atoms with E-state index in [0.717, 1.165) is 12.2 Å². The van der Waals surface area contributed by atoms with Gasteiger partial charge < -0.3 is 0 Å². The van der Waals surface area contributed by atoms with Gasteiger partial charge in [0.2, 0.25) is 0 Å². The molecule has 2 heteroatoms. The third kappa shape index (κ3) is 10.2. The van der Waals surface area contributed by atoms with Crippen molar-refractivity contribution in [2.24, 2.45) is 0 Å². The van der Waals surface area contributed by atoms with Crippen LogP contribution in [0.1, 0.15) is 26.7 Å². The number of rotatable bonds is 6. The fourth-order valence-electron chi connectivity index (χ4n) is 0.500. The van der Waals surface area contributed by atoms with Crippen molar-refractivity contribution in [2.45, 2.75) is 26.7 Å². The van der Waals surface area contributed by atoms with E-state index in [2.05, 4.69) is 17.9 Å². The van der Waals surface area contributed by atoms with Crippen LogP contribution in [0.4, 0.5) is 0 Å². The molecule has 0 amide bonds. The summed E-state index contributed by atoms with van der Waals surface area (Å²) in [6.45, 7) is 8.86. The molecule has 0 aliphatic carbocycles. The maximum atomic E-state index is 5.42. The molecule has 0 rings (SSSR count). The standard InChI is InChI=1S/C5H7.C4H9O.Ti/c1-4-5(2)3;1-2-3-4-5;/h1,4H,2H2,3H3;2-4H2,1H3;/q;-1;+1. The Bertz CT molecular complexity index is 130. The second kappa shape index (κ2) is 8.25. The van der Waals surface area contributed by atoms with Crippen molar-refractivity contribution in [3.8, 4) is 0 Å². The van der Waals surface area contributed by atoms with Crippen molar-refractivity contribution in [3.05, 3.63) is 22.6 Å². The minimum atomic E-state index is -0.282. The second-order valence-electron chi connectivity index (χ2n) is 2.50. The summed E-state index contributed by atoms with van der Waals surface area (Å²) in [5, 5.41) is 0. The van der Waals surface area contributed by atoms with Crippen LogP contribution in [-0.4, -0.2) is 6.61 Å². The van der Waals surface area contributed by atoms with Crippen molar-refractivity contribution >= 4 is 0 Å². The van der Waals surface area contributed by atoms with Crippen LogP contribution in [0.5, 0.6) is 0 Å². The fourth-order valence-corrected chi connectivity index (χ4v) is 1.61. The van der Waals surface area contributed by atoms with Gasteiger partial charge in [0.05, 0.1) is 0 Å². The van der Waals surface area contributed by atoms with Crippen molar-refractivity contribution in [1.29, 1.82) is 0 Å². The van der Waals surface area contributed by atoms with Gasteiger partial charge in [-0.1, -0.05) is 0 Å². The molecular weight excluding hydrogens is 172 g/mol. The molecular formula is C9H16OTi. The van der Waals surface area contributed by atoms with E-state index in [1.54, 1.807) is 0 Å². The first-order valence-corrected chi connectivity index (χ1v) is 5.50. The van der Waals surface area contributed by atoms with Crippen LogP contribution in [0, 0.1) is 0 Å². The average Bonchev–Trinajstić information content (AvgIpc) is 1.96. The van der Waals surface area contributed by atoms with Crippen LogP contribution < -0.4 is 0 Å². The average molecular weight is 188 g/mol. The van der Waals surface area contributed by atoms with Gasteiger partial charge >= 0.3 is 78.8 Å². The topological polar surface area (TPSA) is 9.23 Å². The summed E-state index contributed by atoms with van der Waals surface area (Å²) in [5.74, 6) is 0. The van der Waals surface area contributed by atoms with E-state index >= 15 is 0 Å². The molecule has 0 fully saturated rings. The zero-order valence-corrected chi connectivity index (χ0v) is 8.95. The van der Waals surface area contributed by atoms with Crippen molar-refractivity contribution in [3.63, 3.8) is 0 Å². The number of hydrogen-bond acceptors (Lipinski definition) is 1. The van der Waals surface area contributed by atoms with Crippen LogP contribution >= 0.6 is 0 Å². The zero-order chi connectivity index (χ0) is 8.53. The molecule has 0 saturated heterocycles. The minimum absolute atomic E-state index is 0.282. The fraction of sp³-hybridized carbons (Fsp3) is 0.556. The number of hydrogen-bond donors (Lipinski definition) is 0. The molecule has 0 aliphatic rings. The van der Waals surface area contributed by atoms with E-state index in [1.165, 1.54) is 12.8 Å². The predicted molar refractivity (Wildman–Crippen MR) is 44.8 cm³/mol. The Labute approximate surface area is 78.9 Å². The van der Waals surface area contributed by atoms with E-state index in [0.29, 0.717) is 0 Å². The molecule has 0 saturated carbocycles. The molecule has 1 nitrogen and oxygen atoms in total. The van der Waals surface area contributed by atoms with Gasteiger partial charge in [-0.3, -0.25) is 0 Å². The van der Waals surface area contributed by atoms with E-state index in [4.69, 9.17) is 3.32 Å². The summed E-state index contributed by atoms with van der Waals surface area (Å²) >= 11 is -0.282.